The molecule has 2 amide bonds. The highest BCUT2D eigenvalue weighted by Gasteiger charge is 2.35. The van der Waals surface area contributed by atoms with Crippen molar-refractivity contribution in [2.24, 2.45) is 7.05 Å². The molecular weight excluding hydrogens is 497 g/mol. The van der Waals surface area contributed by atoms with Gasteiger partial charge in [0.1, 0.15) is 17.6 Å². The van der Waals surface area contributed by atoms with Crippen LogP contribution in [-0.2, 0) is 23.7 Å². The average Bonchev–Trinajstić information content (AvgIpc) is 3.24. The first kappa shape index (κ1) is 27.5. The number of nitrogens with zero attached hydrogens (tertiary/aromatic N) is 3. The van der Waals surface area contributed by atoms with Crippen molar-refractivity contribution < 1.29 is 14.0 Å². The van der Waals surface area contributed by atoms with Crippen molar-refractivity contribution in [3.8, 4) is 0 Å². The lowest BCUT2D eigenvalue weighted by Crippen LogP contribution is -2.45. The Morgan fingerprint density at radius 1 is 1.10 bits per heavy atom. The van der Waals surface area contributed by atoms with Crippen molar-refractivity contribution in [3.63, 3.8) is 0 Å². The number of amides is 2. The van der Waals surface area contributed by atoms with E-state index in [1.807, 2.05) is 12.1 Å². The number of benzene rings is 2. The molecule has 2 aromatic carbocycles. The number of aromatic nitrogens is 3. The maximum absolute atomic E-state index is 14.0. The van der Waals surface area contributed by atoms with Crippen LogP contribution in [-0.4, -0.2) is 32.9 Å². The molecule has 8 nitrogen and oxygen atoms in total. The van der Waals surface area contributed by atoms with E-state index in [-0.39, 0.29) is 23.5 Å². The third-order valence-corrected chi connectivity index (χ3v) is 6.56. The highest BCUT2D eigenvalue weighted by atomic mass is 19.1. The first-order valence-electron chi connectivity index (χ1n) is 12.7. The van der Waals surface area contributed by atoms with Crippen molar-refractivity contribution in [1.82, 2.24) is 19.9 Å². The minimum Gasteiger partial charge on any atom is -0.354 e. The summed E-state index contributed by atoms with van der Waals surface area (Å²) < 4.78 is 14.8. The lowest BCUT2D eigenvalue weighted by atomic mass is 9.87. The summed E-state index contributed by atoms with van der Waals surface area (Å²) in [6.45, 7) is 6.49. The molecular formula is C30H32FN5O3. The number of aromatic amines is 1. The van der Waals surface area contributed by atoms with Crippen LogP contribution in [0.5, 0.6) is 0 Å². The monoisotopic (exact) mass is 529 g/mol. The highest BCUT2D eigenvalue weighted by molar-refractivity contribution is 6.09. The van der Waals surface area contributed by atoms with Gasteiger partial charge in [-0.25, -0.2) is 9.18 Å². The molecule has 0 spiro atoms. The van der Waals surface area contributed by atoms with Crippen LogP contribution in [0.25, 0.3) is 0 Å². The predicted octanol–water partition coefficient (Wildman–Crippen LogP) is 4.29. The Labute approximate surface area is 226 Å². The van der Waals surface area contributed by atoms with Gasteiger partial charge in [-0.15, -0.1) is 0 Å². The zero-order valence-electron chi connectivity index (χ0n) is 22.4. The van der Waals surface area contributed by atoms with Gasteiger partial charge in [0.05, 0.1) is 0 Å². The molecule has 1 atom stereocenters. The van der Waals surface area contributed by atoms with Crippen LogP contribution in [0.2, 0.25) is 0 Å². The lowest BCUT2D eigenvalue weighted by molar-refractivity contribution is -0.122. The molecule has 4 aromatic rings. The molecule has 0 aliphatic carbocycles. The summed E-state index contributed by atoms with van der Waals surface area (Å²) in [4.78, 5) is 48.0. The van der Waals surface area contributed by atoms with Crippen molar-refractivity contribution in [2.45, 2.75) is 38.6 Å². The highest BCUT2D eigenvalue weighted by Crippen LogP contribution is 2.31. The summed E-state index contributed by atoms with van der Waals surface area (Å²) in [5.41, 5.74) is 2.31. The van der Waals surface area contributed by atoms with Crippen molar-refractivity contribution in [3.05, 3.63) is 118 Å². The second-order valence-electron chi connectivity index (χ2n) is 10.4. The minimum atomic E-state index is -1.09. The van der Waals surface area contributed by atoms with E-state index in [2.05, 4.69) is 36.1 Å². The van der Waals surface area contributed by atoms with Gasteiger partial charge in [0.25, 0.3) is 5.91 Å². The third kappa shape index (κ3) is 6.31. The Hall–Kier alpha value is -4.53. The smallest absolute Gasteiger partial charge is 0.325 e. The fraction of sp³-hybridized carbons (Fsp3) is 0.267. The van der Waals surface area contributed by atoms with Gasteiger partial charge in [-0.05, 0) is 53.3 Å². The maximum Gasteiger partial charge on any atom is 0.325 e. The summed E-state index contributed by atoms with van der Waals surface area (Å²) in [5, 5.41) is 2.90. The van der Waals surface area contributed by atoms with Gasteiger partial charge in [-0.2, -0.15) is 0 Å². The van der Waals surface area contributed by atoms with Gasteiger partial charge in [-0.3, -0.25) is 24.0 Å². The second kappa shape index (κ2) is 11.5. The lowest BCUT2D eigenvalue weighted by Gasteiger charge is -2.32. The standard InChI is InChI=1S/C30H32FN5O3/c1-30(2,3)22-10-12-24(13-11-22)36(28(38)25-19-34-29(39)35(25)4)26(21-8-6-15-32-18-21)27(37)33-16-14-20-7-5-9-23(31)17-20/h5-13,15,17-19,26H,14,16H2,1-4H3,(H,33,37)(H,34,39). The summed E-state index contributed by atoms with van der Waals surface area (Å²) in [5.74, 6) is -1.32. The van der Waals surface area contributed by atoms with E-state index in [9.17, 15) is 18.8 Å². The van der Waals surface area contributed by atoms with Crippen LogP contribution in [0.3, 0.4) is 0 Å². The molecule has 2 heterocycles. The molecule has 0 bridgehead atoms. The summed E-state index contributed by atoms with van der Waals surface area (Å²) in [6, 6.07) is 16.0. The number of hydrogen-bond acceptors (Lipinski definition) is 4. The molecule has 2 aromatic heterocycles. The molecule has 9 heteroatoms. The molecule has 2 N–H and O–H groups in total. The number of pyridine rings is 1. The van der Waals surface area contributed by atoms with Crippen molar-refractivity contribution >= 4 is 17.5 Å². The van der Waals surface area contributed by atoms with E-state index in [1.54, 1.807) is 42.6 Å². The van der Waals surface area contributed by atoms with E-state index < -0.39 is 23.5 Å². The molecule has 4 rings (SSSR count). The normalized spacial score (nSPS) is 12.1. The Kier molecular flexibility index (Phi) is 8.09. The number of H-pyrrole nitrogens is 1. The van der Waals surface area contributed by atoms with Crippen LogP contribution in [0, 0.1) is 5.82 Å². The van der Waals surface area contributed by atoms with Crippen LogP contribution in [0.1, 0.15) is 54.0 Å². The average molecular weight is 530 g/mol. The number of hydrogen-bond donors (Lipinski definition) is 2. The number of nitrogens with one attached hydrogen (secondary N) is 2. The molecule has 0 fully saturated rings. The van der Waals surface area contributed by atoms with Crippen molar-refractivity contribution in [1.29, 1.82) is 0 Å². The Balaban J connectivity index is 1.75. The zero-order valence-corrected chi connectivity index (χ0v) is 22.4. The van der Waals surface area contributed by atoms with E-state index in [1.165, 1.54) is 41.0 Å². The van der Waals surface area contributed by atoms with Crippen LogP contribution in [0.4, 0.5) is 10.1 Å². The van der Waals surface area contributed by atoms with Crippen LogP contribution >= 0.6 is 0 Å². The van der Waals surface area contributed by atoms with Gasteiger partial charge < -0.3 is 10.3 Å². The number of carbonyl (C=O) groups excluding carboxylic acids is 2. The quantitative estimate of drug-likeness (QED) is 0.356. The number of rotatable bonds is 8. The van der Waals surface area contributed by atoms with E-state index in [4.69, 9.17) is 0 Å². The number of anilines is 1. The van der Waals surface area contributed by atoms with Crippen LogP contribution in [0.15, 0.2) is 84.0 Å². The zero-order chi connectivity index (χ0) is 28.2. The number of carbonyl (C=O) groups is 2. The SMILES string of the molecule is Cn1c(C(=O)N(c2ccc(C(C)(C)C)cc2)C(C(=O)NCCc2cccc(F)c2)c2cccnc2)c[nH]c1=O. The van der Waals surface area contributed by atoms with Gasteiger partial charge in [0.15, 0.2) is 0 Å². The Morgan fingerprint density at radius 2 is 1.85 bits per heavy atom. The second-order valence-corrected chi connectivity index (χ2v) is 10.4. The number of imidazole rings is 1. The molecule has 1 unspecified atom stereocenters. The minimum absolute atomic E-state index is 0.0985. The summed E-state index contributed by atoms with van der Waals surface area (Å²) >= 11 is 0. The molecule has 0 saturated heterocycles. The van der Waals surface area contributed by atoms with E-state index in [0.29, 0.717) is 17.7 Å². The summed E-state index contributed by atoms with van der Waals surface area (Å²) in [7, 11) is 1.49. The fourth-order valence-electron chi connectivity index (χ4n) is 4.34. The topological polar surface area (TPSA) is 100 Å². The fourth-order valence-corrected chi connectivity index (χ4v) is 4.34. The van der Waals surface area contributed by atoms with E-state index >= 15 is 0 Å². The Morgan fingerprint density at radius 3 is 2.44 bits per heavy atom. The Bertz CT molecular complexity index is 1500. The van der Waals surface area contributed by atoms with Gasteiger partial charge in [-0.1, -0.05) is 51.1 Å². The van der Waals surface area contributed by atoms with Gasteiger partial charge in [0, 0.05) is 43.4 Å². The molecule has 0 aliphatic rings. The number of halogens is 1. The van der Waals surface area contributed by atoms with Crippen molar-refractivity contribution in [2.75, 3.05) is 11.4 Å². The first-order chi connectivity index (χ1) is 18.6. The molecule has 0 saturated carbocycles. The predicted molar refractivity (Wildman–Crippen MR) is 148 cm³/mol. The maximum atomic E-state index is 14.0. The third-order valence-electron chi connectivity index (χ3n) is 6.56. The van der Waals surface area contributed by atoms with Crippen LogP contribution < -0.4 is 15.9 Å². The van der Waals surface area contributed by atoms with Gasteiger partial charge >= 0.3 is 5.69 Å². The molecule has 39 heavy (non-hydrogen) atoms. The van der Waals surface area contributed by atoms with E-state index in [0.717, 1.165) is 11.1 Å². The van der Waals surface area contributed by atoms with Gasteiger partial charge in [0.2, 0.25) is 5.91 Å². The molecule has 0 radical (unpaired) electrons. The molecule has 0 aliphatic heterocycles. The summed E-state index contributed by atoms with van der Waals surface area (Å²) in [6.07, 6.45) is 4.87. The molecule has 202 valence electrons. The largest absolute Gasteiger partial charge is 0.354 e. The first-order valence-corrected chi connectivity index (χ1v) is 12.7.